The summed E-state index contributed by atoms with van der Waals surface area (Å²) in [6, 6.07) is 5.63. The Bertz CT molecular complexity index is 420. The van der Waals surface area contributed by atoms with E-state index in [0.717, 1.165) is 17.1 Å². The van der Waals surface area contributed by atoms with E-state index in [0.29, 0.717) is 6.04 Å². The highest BCUT2D eigenvalue weighted by Gasteiger charge is 2.32. The van der Waals surface area contributed by atoms with Gasteiger partial charge in [0.1, 0.15) is 0 Å². The molecule has 4 heteroatoms. The van der Waals surface area contributed by atoms with E-state index in [-0.39, 0.29) is 0 Å². The first-order chi connectivity index (χ1) is 9.22. The zero-order valence-corrected chi connectivity index (χ0v) is 13.1. The van der Waals surface area contributed by atoms with Gasteiger partial charge in [0.2, 0.25) is 0 Å². The second-order valence-corrected chi connectivity index (χ2v) is 6.81. The molecule has 1 aromatic heterocycles. The van der Waals surface area contributed by atoms with Crippen LogP contribution in [-0.4, -0.2) is 46.5 Å². The summed E-state index contributed by atoms with van der Waals surface area (Å²) >= 11 is 3.45. The quantitative estimate of drug-likeness (QED) is 0.834. The Morgan fingerprint density at radius 3 is 3.00 bits per heavy atom. The van der Waals surface area contributed by atoms with Crippen LogP contribution < -0.4 is 0 Å². The van der Waals surface area contributed by atoms with Crippen molar-refractivity contribution in [2.24, 2.45) is 0 Å². The number of aromatic nitrogens is 1. The Morgan fingerprint density at radius 2 is 2.21 bits per heavy atom. The molecule has 2 fully saturated rings. The average molecular weight is 324 g/mol. The third-order valence-electron chi connectivity index (χ3n) is 4.47. The van der Waals surface area contributed by atoms with Gasteiger partial charge < -0.3 is 0 Å². The van der Waals surface area contributed by atoms with Crippen LogP contribution in [-0.2, 0) is 6.54 Å². The van der Waals surface area contributed by atoms with Crippen molar-refractivity contribution in [2.45, 2.75) is 44.8 Å². The molecule has 0 radical (unpaired) electrons. The molecule has 0 amide bonds. The van der Waals surface area contributed by atoms with Gasteiger partial charge in [0, 0.05) is 42.4 Å². The van der Waals surface area contributed by atoms with E-state index in [4.69, 9.17) is 0 Å². The molecule has 1 aromatic rings. The van der Waals surface area contributed by atoms with Crippen LogP contribution in [0.15, 0.2) is 22.8 Å². The molecule has 0 N–H and O–H groups in total. The zero-order chi connectivity index (χ0) is 13.2. The normalized spacial score (nSPS) is 29.2. The van der Waals surface area contributed by atoms with Gasteiger partial charge in [-0.15, -0.1) is 0 Å². The van der Waals surface area contributed by atoms with Crippen molar-refractivity contribution in [3.8, 4) is 0 Å². The van der Waals surface area contributed by atoms with Crippen LogP contribution in [0.2, 0.25) is 0 Å². The minimum atomic E-state index is 0.639. The van der Waals surface area contributed by atoms with Crippen LogP contribution in [0.3, 0.4) is 0 Å². The number of piperidine rings is 1. The lowest BCUT2D eigenvalue weighted by Gasteiger charge is -2.47. The summed E-state index contributed by atoms with van der Waals surface area (Å²) in [6.45, 7) is 7.07. The van der Waals surface area contributed by atoms with E-state index in [1.54, 1.807) is 0 Å². The highest BCUT2D eigenvalue weighted by Crippen LogP contribution is 2.25. The number of nitrogens with zero attached hydrogens (tertiary/aromatic N) is 3. The molecule has 3 nitrogen and oxygen atoms in total. The van der Waals surface area contributed by atoms with Crippen molar-refractivity contribution in [1.29, 1.82) is 0 Å². The Balaban J connectivity index is 1.65. The molecule has 2 unspecified atom stereocenters. The largest absolute Gasteiger partial charge is 0.298 e. The lowest BCUT2D eigenvalue weighted by molar-refractivity contribution is 0.0105. The monoisotopic (exact) mass is 323 g/mol. The van der Waals surface area contributed by atoms with Gasteiger partial charge in [0.15, 0.2) is 0 Å². The number of halogens is 1. The Hall–Kier alpha value is -0.450. The van der Waals surface area contributed by atoms with E-state index in [1.807, 2.05) is 6.20 Å². The van der Waals surface area contributed by atoms with E-state index >= 15 is 0 Å². The molecule has 3 heterocycles. The molecule has 3 rings (SSSR count). The summed E-state index contributed by atoms with van der Waals surface area (Å²) in [7, 11) is 0. The van der Waals surface area contributed by atoms with E-state index < -0.39 is 0 Å². The summed E-state index contributed by atoms with van der Waals surface area (Å²) < 4.78 is 1.06. The van der Waals surface area contributed by atoms with Gasteiger partial charge in [-0.1, -0.05) is 6.42 Å². The first-order valence-electron chi connectivity index (χ1n) is 7.31. The summed E-state index contributed by atoms with van der Waals surface area (Å²) in [5.74, 6) is 0. The van der Waals surface area contributed by atoms with Gasteiger partial charge in [-0.3, -0.25) is 14.8 Å². The Morgan fingerprint density at radius 1 is 1.32 bits per heavy atom. The highest BCUT2D eigenvalue weighted by molar-refractivity contribution is 9.10. The van der Waals surface area contributed by atoms with Crippen molar-refractivity contribution in [3.63, 3.8) is 0 Å². The minimum Gasteiger partial charge on any atom is -0.298 e. The standard InChI is InChI=1S/C15H22BrN3/c1-12-9-18-7-3-2-4-15(18)11-19(12)10-14-6-5-13(16)8-17-14/h5-6,8,12,15H,2-4,7,9-11H2,1H3. The number of piperazine rings is 1. The van der Waals surface area contributed by atoms with Gasteiger partial charge in [-0.05, 0) is 54.4 Å². The van der Waals surface area contributed by atoms with Crippen LogP contribution in [0.25, 0.3) is 0 Å². The van der Waals surface area contributed by atoms with Crippen molar-refractivity contribution < 1.29 is 0 Å². The van der Waals surface area contributed by atoms with Gasteiger partial charge in [0.05, 0.1) is 5.69 Å². The van der Waals surface area contributed by atoms with Crippen LogP contribution in [0.5, 0.6) is 0 Å². The number of fused-ring (bicyclic) bond motifs is 1. The predicted molar refractivity (Wildman–Crippen MR) is 81.0 cm³/mol. The van der Waals surface area contributed by atoms with Crippen molar-refractivity contribution in [3.05, 3.63) is 28.5 Å². The maximum atomic E-state index is 4.51. The molecular formula is C15H22BrN3. The third kappa shape index (κ3) is 3.18. The van der Waals surface area contributed by atoms with E-state index in [1.165, 1.54) is 44.6 Å². The van der Waals surface area contributed by atoms with Crippen LogP contribution in [0.1, 0.15) is 31.9 Å². The molecule has 2 aliphatic heterocycles. The van der Waals surface area contributed by atoms with E-state index in [9.17, 15) is 0 Å². The Kier molecular flexibility index (Phi) is 4.20. The predicted octanol–water partition coefficient (Wildman–Crippen LogP) is 2.90. The summed E-state index contributed by atoms with van der Waals surface area (Å²) in [6.07, 6.45) is 6.06. The van der Waals surface area contributed by atoms with Gasteiger partial charge in [0.25, 0.3) is 0 Å². The number of hydrogen-bond donors (Lipinski definition) is 0. The van der Waals surface area contributed by atoms with Crippen molar-refractivity contribution in [1.82, 2.24) is 14.8 Å². The minimum absolute atomic E-state index is 0.639. The zero-order valence-electron chi connectivity index (χ0n) is 11.6. The molecule has 104 valence electrons. The lowest BCUT2D eigenvalue weighted by Crippen LogP contribution is -2.58. The fourth-order valence-corrected chi connectivity index (χ4v) is 3.58. The fourth-order valence-electron chi connectivity index (χ4n) is 3.34. The van der Waals surface area contributed by atoms with Crippen LogP contribution in [0, 0.1) is 0 Å². The number of hydrogen-bond acceptors (Lipinski definition) is 3. The van der Waals surface area contributed by atoms with Gasteiger partial charge in [-0.2, -0.15) is 0 Å². The molecule has 2 atom stereocenters. The first kappa shape index (κ1) is 13.5. The second kappa shape index (κ2) is 5.90. The van der Waals surface area contributed by atoms with Gasteiger partial charge >= 0.3 is 0 Å². The molecule has 2 saturated heterocycles. The second-order valence-electron chi connectivity index (χ2n) is 5.89. The van der Waals surface area contributed by atoms with Crippen LogP contribution >= 0.6 is 15.9 Å². The number of rotatable bonds is 2. The maximum Gasteiger partial charge on any atom is 0.0544 e. The smallest absolute Gasteiger partial charge is 0.0544 e. The molecule has 0 saturated carbocycles. The molecule has 0 spiro atoms. The summed E-state index contributed by atoms with van der Waals surface area (Å²) in [5.41, 5.74) is 1.18. The summed E-state index contributed by atoms with van der Waals surface area (Å²) in [5, 5.41) is 0. The average Bonchev–Trinajstić information content (AvgIpc) is 2.42. The van der Waals surface area contributed by atoms with Crippen molar-refractivity contribution in [2.75, 3.05) is 19.6 Å². The van der Waals surface area contributed by atoms with Crippen LogP contribution in [0.4, 0.5) is 0 Å². The fraction of sp³-hybridized carbons (Fsp3) is 0.667. The molecular weight excluding hydrogens is 302 g/mol. The third-order valence-corrected chi connectivity index (χ3v) is 4.94. The molecule has 0 bridgehead atoms. The molecule has 19 heavy (non-hydrogen) atoms. The first-order valence-corrected chi connectivity index (χ1v) is 8.10. The Labute approximate surface area is 124 Å². The topological polar surface area (TPSA) is 19.4 Å². The summed E-state index contributed by atoms with van der Waals surface area (Å²) in [4.78, 5) is 9.80. The molecule has 0 aliphatic carbocycles. The SMILES string of the molecule is CC1CN2CCCCC2CN1Cc1ccc(Br)cn1. The number of pyridine rings is 1. The van der Waals surface area contributed by atoms with Crippen molar-refractivity contribution >= 4 is 15.9 Å². The van der Waals surface area contributed by atoms with E-state index in [2.05, 4.69) is 49.8 Å². The highest BCUT2D eigenvalue weighted by atomic mass is 79.9. The maximum absolute atomic E-state index is 4.51. The molecule has 0 aromatic carbocycles. The molecule has 2 aliphatic rings. The van der Waals surface area contributed by atoms with Gasteiger partial charge in [-0.25, -0.2) is 0 Å². The lowest BCUT2D eigenvalue weighted by atomic mass is 9.97.